The summed E-state index contributed by atoms with van der Waals surface area (Å²) in [5.74, 6) is 0.878. The van der Waals surface area contributed by atoms with Gasteiger partial charge in [0.1, 0.15) is 0 Å². The number of rotatable bonds is 4. The third kappa shape index (κ3) is 5.65. The molecule has 1 aliphatic heterocycles. The van der Waals surface area contributed by atoms with E-state index in [1.807, 2.05) is 6.07 Å². The molecule has 0 bridgehead atoms. The monoisotopic (exact) mass is 435 g/mol. The fourth-order valence-corrected chi connectivity index (χ4v) is 5.15. The number of carbonyl (C=O) groups excluding carboxylic acids is 1. The maximum Gasteiger partial charge on any atom is 0.222 e. The van der Waals surface area contributed by atoms with E-state index >= 15 is 0 Å². The molecule has 2 fully saturated rings. The van der Waals surface area contributed by atoms with Crippen molar-refractivity contribution in [2.75, 3.05) is 25.0 Å². The van der Waals surface area contributed by atoms with Gasteiger partial charge in [-0.1, -0.05) is 67.3 Å². The first-order valence-electron chi connectivity index (χ1n) is 11.6. The van der Waals surface area contributed by atoms with Crippen molar-refractivity contribution in [3.63, 3.8) is 0 Å². The highest BCUT2D eigenvalue weighted by atomic mass is 32.1. The number of hydrogen-bond acceptors (Lipinski definition) is 2. The first-order chi connectivity index (χ1) is 15.1. The fraction of sp³-hybridized carbons (Fsp3) is 0.462. The summed E-state index contributed by atoms with van der Waals surface area (Å²) in [5, 5.41) is 4.12. The predicted octanol–water partition coefficient (Wildman–Crippen LogP) is 5.55. The molecule has 1 amide bonds. The van der Waals surface area contributed by atoms with Crippen LogP contribution in [0.3, 0.4) is 0 Å². The van der Waals surface area contributed by atoms with Gasteiger partial charge in [-0.2, -0.15) is 0 Å². The van der Waals surface area contributed by atoms with Gasteiger partial charge >= 0.3 is 0 Å². The smallest absolute Gasteiger partial charge is 0.222 e. The fourth-order valence-electron chi connectivity index (χ4n) is 4.81. The van der Waals surface area contributed by atoms with Crippen LogP contribution in [-0.4, -0.2) is 40.5 Å². The van der Waals surface area contributed by atoms with Crippen molar-refractivity contribution in [3.8, 4) is 0 Å². The van der Waals surface area contributed by atoms with Crippen molar-refractivity contribution in [2.45, 2.75) is 51.5 Å². The first-order valence-corrected chi connectivity index (χ1v) is 12.0. The van der Waals surface area contributed by atoms with Crippen molar-refractivity contribution < 1.29 is 4.79 Å². The van der Waals surface area contributed by atoms with Crippen LogP contribution >= 0.6 is 12.2 Å². The van der Waals surface area contributed by atoms with E-state index in [9.17, 15) is 4.79 Å². The largest absolute Gasteiger partial charge is 0.338 e. The SMILES string of the molecule is Cc1ccc(NC(=S)N2CCN(C(=O)CC3CCCCC3)CC2c2ccccc2)cc1. The molecule has 1 unspecified atom stereocenters. The summed E-state index contributed by atoms with van der Waals surface area (Å²) >= 11 is 5.81. The topological polar surface area (TPSA) is 35.6 Å². The third-order valence-electron chi connectivity index (χ3n) is 6.67. The molecule has 1 saturated carbocycles. The summed E-state index contributed by atoms with van der Waals surface area (Å²) in [7, 11) is 0. The summed E-state index contributed by atoms with van der Waals surface area (Å²) in [4.78, 5) is 17.4. The molecule has 1 saturated heterocycles. The average molecular weight is 436 g/mol. The standard InChI is InChI=1S/C26H33N3OS/c1-20-12-14-23(15-13-20)27-26(31)29-17-16-28(19-24(29)22-10-6-3-7-11-22)25(30)18-21-8-4-2-5-9-21/h3,6-7,10-15,21,24H,2,4-5,8-9,16-19H2,1H3,(H,27,31). The lowest BCUT2D eigenvalue weighted by Gasteiger charge is -2.43. The van der Waals surface area contributed by atoms with E-state index < -0.39 is 0 Å². The molecular weight excluding hydrogens is 402 g/mol. The van der Waals surface area contributed by atoms with Crippen molar-refractivity contribution in [2.24, 2.45) is 5.92 Å². The van der Waals surface area contributed by atoms with Gasteiger partial charge in [-0.3, -0.25) is 4.79 Å². The van der Waals surface area contributed by atoms with Crippen LogP contribution in [0.25, 0.3) is 0 Å². The highest BCUT2D eigenvalue weighted by Crippen LogP contribution is 2.30. The Labute approximate surface area is 191 Å². The van der Waals surface area contributed by atoms with Gasteiger partial charge in [-0.25, -0.2) is 0 Å². The number of amides is 1. The molecule has 164 valence electrons. The van der Waals surface area contributed by atoms with Gasteiger partial charge in [0.15, 0.2) is 5.11 Å². The zero-order valence-corrected chi connectivity index (χ0v) is 19.2. The predicted molar refractivity (Wildman–Crippen MR) is 131 cm³/mol. The molecule has 1 heterocycles. The van der Waals surface area contributed by atoms with Gasteiger partial charge in [0.25, 0.3) is 0 Å². The minimum atomic E-state index is 0.0655. The number of piperazine rings is 1. The van der Waals surface area contributed by atoms with Crippen LogP contribution < -0.4 is 5.32 Å². The number of anilines is 1. The van der Waals surface area contributed by atoms with Crippen LogP contribution in [0.5, 0.6) is 0 Å². The van der Waals surface area contributed by atoms with E-state index in [-0.39, 0.29) is 6.04 Å². The highest BCUT2D eigenvalue weighted by Gasteiger charge is 2.33. The number of aryl methyl sites for hydroxylation is 1. The van der Waals surface area contributed by atoms with Crippen LogP contribution in [0.15, 0.2) is 54.6 Å². The quantitative estimate of drug-likeness (QED) is 0.639. The van der Waals surface area contributed by atoms with Gasteiger partial charge in [-0.15, -0.1) is 0 Å². The Kier molecular flexibility index (Phi) is 7.23. The number of carbonyl (C=O) groups is 1. The summed E-state index contributed by atoms with van der Waals surface area (Å²) < 4.78 is 0. The van der Waals surface area contributed by atoms with Crippen molar-refractivity contribution >= 4 is 28.9 Å². The number of nitrogens with zero attached hydrogens (tertiary/aromatic N) is 2. The van der Waals surface area contributed by atoms with E-state index in [4.69, 9.17) is 12.2 Å². The zero-order chi connectivity index (χ0) is 21.6. The van der Waals surface area contributed by atoms with Gasteiger partial charge in [0, 0.05) is 31.7 Å². The summed E-state index contributed by atoms with van der Waals surface area (Å²) in [6.45, 7) is 4.24. The maximum atomic E-state index is 13.1. The second kappa shape index (κ2) is 10.3. The van der Waals surface area contributed by atoms with Crippen molar-refractivity contribution in [1.82, 2.24) is 9.80 Å². The van der Waals surface area contributed by atoms with Crippen molar-refractivity contribution in [1.29, 1.82) is 0 Å². The Bertz CT molecular complexity index is 877. The first kappa shape index (κ1) is 21.8. The lowest BCUT2D eigenvalue weighted by Crippen LogP contribution is -2.53. The second-order valence-electron chi connectivity index (χ2n) is 8.96. The Balaban J connectivity index is 1.46. The number of hydrogen-bond donors (Lipinski definition) is 1. The van der Waals surface area contributed by atoms with E-state index in [1.54, 1.807) is 0 Å². The normalized spacial score (nSPS) is 19.8. The van der Waals surface area contributed by atoms with E-state index in [0.717, 1.165) is 23.9 Å². The van der Waals surface area contributed by atoms with Gasteiger partial charge in [-0.05, 0) is 55.6 Å². The molecule has 1 N–H and O–H groups in total. The lowest BCUT2D eigenvalue weighted by atomic mass is 9.86. The molecule has 2 aromatic carbocycles. The minimum absolute atomic E-state index is 0.0655. The van der Waals surface area contributed by atoms with Crippen LogP contribution in [-0.2, 0) is 4.79 Å². The van der Waals surface area contributed by atoms with Gasteiger partial charge in [0.05, 0.1) is 6.04 Å². The molecule has 2 aliphatic rings. The summed E-state index contributed by atoms with van der Waals surface area (Å²) in [6.07, 6.45) is 6.99. The van der Waals surface area contributed by atoms with E-state index in [1.165, 1.54) is 43.2 Å². The Morgan fingerprint density at radius 2 is 1.71 bits per heavy atom. The Morgan fingerprint density at radius 3 is 2.42 bits per heavy atom. The molecule has 0 aromatic heterocycles. The molecule has 2 aromatic rings. The molecule has 5 heteroatoms. The number of nitrogens with one attached hydrogen (secondary N) is 1. The van der Waals surface area contributed by atoms with Crippen LogP contribution in [0, 0.1) is 12.8 Å². The molecule has 0 spiro atoms. The van der Waals surface area contributed by atoms with Crippen LogP contribution in [0.2, 0.25) is 0 Å². The Morgan fingerprint density at radius 1 is 1.00 bits per heavy atom. The van der Waals surface area contributed by atoms with E-state index in [0.29, 0.717) is 24.8 Å². The molecule has 31 heavy (non-hydrogen) atoms. The zero-order valence-electron chi connectivity index (χ0n) is 18.4. The van der Waals surface area contributed by atoms with Gasteiger partial charge < -0.3 is 15.1 Å². The van der Waals surface area contributed by atoms with Gasteiger partial charge in [0.2, 0.25) is 5.91 Å². The Hall–Kier alpha value is -2.40. The summed E-state index contributed by atoms with van der Waals surface area (Å²) in [5.41, 5.74) is 3.42. The highest BCUT2D eigenvalue weighted by molar-refractivity contribution is 7.80. The lowest BCUT2D eigenvalue weighted by molar-refractivity contribution is -0.134. The molecule has 0 radical (unpaired) electrons. The molecule has 4 nitrogen and oxygen atoms in total. The van der Waals surface area contributed by atoms with E-state index in [2.05, 4.69) is 70.6 Å². The van der Waals surface area contributed by atoms with Crippen LogP contribution in [0.4, 0.5) is 5.69 Å². The molecule has 4 rings (SSSR count). The number of benzene rings is 2. The second-order valence-corrected chi connectivity index (χ2v) is 9.35. The van der Waals surface area contributed by atoms with Crippen LogP contribution in [0.1, 0.15) is 55.7 Å². The molecule has 1 aliphatic carbocycles. The molecule has 1 atom stereocenters. The average Bonchev–Trinajstić information content (AvgIpc) is 2.81. The maximum absolute atomic E-state index is 13.1. The minimum Gasteiger partial charge on any atom is -0.338 e. The molecular formula is C26H33N3OS. The number of thiocarbonyl (C=S) groups is 1. The van der Waals surface area contributed by atoms with Crippen molar-refractivity contribution in [3.05, 3.63) is 65.7 Å². The third-order valence-corrected chi connectivity index (χ3v) is 7.01. The summed E-state index contributed by atoms with van der Waals surface area (Å²) in [6, 6.07) is 18.8.